The number of aromatic nitrogens is 1. The van der Waals surface area contributed by atoms with Crippen molar-refractivity contribution >= 4 is 17.7 Å². The van der Waals surface area contributed by atoms with E-state index >= 15 is 0 Å². The second kappa shape index (κ2) is 9.02. The second-order valence-electron chi connectivity index (χ2n) is 6.24. The van der Waals surface area contributed by atoms with E-state index in [-0.39, 0.29) is 24.5 Å². The van der Waals surface area contributed by atoms with Gasteiger partial charge in [-0.3, -0.25) is 9.59 Å². The van der Waals surface area contributed by atoms with E-state index in [0.29, 0.717) is 0 Å². The lowest BCUT2D eigenvalue weighted by Crippen LogP contribution is -2.17. The zero-order valence-electron chi connectivity index (χ0n) is 16.4. The third-order valence-electron chi connectivity index (χ3n) is 4.26. The SMILES string of the molecule is CCOC(=O)c1c(C(C)C(=O)OCC)[nH]c(C(=O)c2ccc(C(F)(F)F)cc2)c1O. The van der Waals surface area contributed by atoms with Crippen molar-refractivity contribution in [1.29, 1.82) is 0 Å². The second-order valence-corrected chi connectivity index (χ2v) is 6.24. The molecule has 2 rings (SSSR count). The predicted molar refractivity (Wildman–Crippen MR) is 98.3 cm³/mol. The first kappa shape index (κ1) is 23.0. The molecule has 1 atom stereocenters. The molecule has 0 amide bonds. The fourth-order valence-electron chi connectivity index (χ4n) is 2.75. The summed E-state index contributed by atoms with van der Waals surface area (Å²) in [6.07, 6.45) is -4.57. The molecule has 10 heteroatoms. The topological polar surface area (TPSA) is 106 Å². The number of ether oxygens (including phenoxy) is 2. The zero-order chi connectivity index (χ0) is 22.6. The van der Waals surface area contributed by atoms with Gasteiger partial charge >= 0.3 is 18.1 Å². The van der Waals surface area contributed by atoms with Gasteiger partial charge in [-0.1, -0.05) is 12.1 Å². The van der Waals surface area contributed by atoms with E-state index in [1.54, 1.807) is 6.92 Å². The van der Waals surface area contributed by atoms with Crippen molar-refractivity contribution in [3.05, 3.63) is 52.3 Å². The molecule has 0 aliphatic rings. The number of aromatic amines is 1. The van der Waals surface area contributed by atoms with Gasteiger partial charge in [-0.2, -0.15) is 13.2 Å². The number of aromatic hydroxyl groups is 1. The van der Waals surface area contributed by atoms with Crippen LogP contribution in [0.4, 0.5) is 13.2 Å². The van der Waals surface area contributed by atoms with Crippen LogP contribution < -0.4 is 0 Å². The fraction of sp³-hybridized carbons (Fsp3) is 0.350. The summed E-state index contributed by atoms with van der Waals surface area (Å²) in [5.41, 5.74) is -2.07. The van der Waals surface area contributed by atoms with Crippen molar-refractivity contribution in [2.75, 3.05) is 13.2 Å². The highest BCUT2D eigenvalue weighted by Gasteiger charge is 2.34. The van der Waals surface area contributed by atoms with Crippen molar-refractivity contribution < 1.29 is 42.1 Å². The Morgan fingerprint density at radius 3 is 2.13 bits per heavy atom. The average Bonchev–Trinajstić information content (AvgIpc) is 3.03. The van der Waals surface area contributed by atoms with Gasteiger partial charge < -0.3 is 19.6 Å². The molecule has 0 spiro atoms. The quantitative estimate of drug-likeness (QED) is 0.514. The largest absolute Gasteiger partial charge is 0.505 e. The number of esters is 2. The monoisotopic (exact) mass is 427 g/mol. The van der Waals surface area contributed by atoms with Gasteiger partial charge in [-0.05, 0) is 32.9 Å². The molecular weight excluding hydrogens is 407 g/mol. The molecule has 0 aliphatic heterocycles. The van der Waals surface area contributed by atoms with Crippen molar-refractivity contribution in [2.45, 2.75) is 32.9 Å². The number of halogens is 3. The van der Waals surface area contributed by atoms with E-state index in [4.69, 9.17) is 9.47 Å². The van der Waals surface area contributed by atoms with Gasteiger partial charge in [0.05, 0.1) is 24.7 Å². The molecular formula is C20H20F3NO6. The van der Waals surface area contributed by atoms with Crippen LogP contribution in [0, 0.1) is 0 Å². The Morgan fingerprint density at radius 2 is 1.63 bits per heavy atom. The van der Waals surface area contributed by atoms with Gasteiger partial charge in [0.2, 0.25) is 5.78 Å². The highest BCUT2D eigenvalue weighted by molar-refractivity contribution is 6.12. The smallest absolute Gasteiger partial charge is 0.416 e. The van der Waals surface area contributed by atoms with Crippen LogP contribution in [0.2, 0.25) is 0 Å². The highest BCUT2D eigenvalue weighted by Crippen LogP contribution is 2.34. The number of carbonyl (C=O) groups is 3. The van der Waals surface area contributed by atoms with Crippen LogP contribution in [-0.2, 0) is 20.4 Å². The first-order valence-electron chi connectivity index (χ1n) is 9.03. The average molecular weight is 427 g/mol. The number of carbonyl (C=O) groups excluding carboxylic acids is 3. The summed E-state index contributed by atoms with van der Waals surface area (Å²) in [6, 6.07) is 3.34. The third kappa shape index (κ3) is 4.64. The number of hydrogen-bond acceptors (Lipinski definition) is 6. The van der Waals surface area contributed by atoms with Gasteiger partial charge in [0.15, 0.2) is 5.75 Å². The van der Waals surface area contributed by atoms with E-state index in [1.165, 1.54) is 13.8 Å². The number of nitrogens with one attached hydrogen (secondary N) is 1. The Balaban J connectivity index is 2.52. The van der Waals surface area contributed by atoms with Gasteiger partial charge in [0, 0.05) is 11.3 Å². The molecule has 1 aromatic carbocycles. The molecule has 1 heterocycles. The van der Waals surface area contributed by atoms with Crippen LogP contribution in [-0.4, -0.2) is 41.0 Å². The van der Waals surface area contributed by atoms with Crippen molar-refractivity contribution in [3.8, 4) is 5.75 Å². The maximum atomic E-state index is 12.8. The summed E-state index contributed by atoms with van der Waals surface area (Å²) in [4.78, 5) is 39.7. The molecule has 0 bridgehead atoms. The number of rotatable bonds is 7. The molecule has 0 saturated carbocycles. The van der Waals surface area contributed by atoms with Gasteiger partial charge in [-0.15, -0.1) is 0 Å². The predicted octanol–water partition coefficient (Wildman–Crippen LogP) is 3.81. The van der Waals surface area contributed by atoms with Crippen LogP contribution in [0.5, 0.6) is 5.75 Å². The number of hydrogen-bond donors (Lipinski definition) is 2. The Hall–Kier alpha value is -3.30. The summed E-state index contributed by atoms with van der Waals surface area (Å²) in [5.74, 6) is -4.36. The Bertz CT molecular complexity index is 947. The minimum Gasteiger partial charge on any atom is -0.505 e. The highest BCUT2D eigenvalue weighted by atomic mass is 19.4. The van der Waals surface area contributed by atoms with Crippen LogP contribution in [0.3, 0.4) is 0 Å². The molecule has 0 saturated heterocycles. The van der Waals surface area contributed by atoms with Crippen LogP contribution in [0.25, 0.3) is 0 Å². The lowest BCUT2D eigenvalue weighted by atomic mass is 10.0. The normalized spacial score (nSPS) is 12.3. The molecule has 0 fully saturated rings. The third-order valence-corrected chi connectivity index (χ3v) is 4.26. The molecule has 1 unspecified atom stereocenters. The lowest BCUT2D eigenvalue weighted by molar-refractivity contribution is -0.144. The fourth-order valence-corrected chi connectivity index (χ4v) is 2.75. The Kier molecular flexibility index (Phi) is 6.91. The minimum absolute atomic E-state index is 0.0289. The van der Waals surface area contributed by atoms with E-state index in [9.17, 15) is 32.7 Å². The van der Waals surface area contributed by atoms with Gasteiger partial charge in [0.25, 0.3) is 0 Å². The standard InChI is InChI=1S/C20H20F3NO6/c1-4-29-18(27)10(3)14-13(19(28)30-5-2)17(26)15(24-14)16(25)11-6-8-12(9-7-11)20(21,22)23/h6-10,24,26H,4-5H2,1-3H3. The number of H-pyrrole nitrogens is 1. The Labute approximate surface area is 169 Å². The van der Waals surface area contributed by atoms with E-state index in [0.717, 1.165) is 24.3 Å². The molecule has 7 nitrogen and oxygen atoms in total. The number of benzene rings is 1. The minimum atomic E-state index is -4.57. The maximum absolute atomic E-state index is 12.8. The lowest BCUT2D eigenvalue weighted by Gasteiger charge is -2.11. The molecule has 2 N–H and O–H groups in total. The summed E-state index contributed by atoms with van der Waals surface area (Å²) in [6.45, 7) is 4.56. The molecule has 162 valence electrons. The van der Waals surface area contributed by atoms with Crippen LogP contribution >= 0.6 is 0 Å². The molecule has 30 heavy (non-hydrogen) atoms. The van der Waals surface area contributed by atoms with Crippen molar-refractivity contribution in [1.82, 2.24) is 4.98 Å². The summed E-state index contributed by atoms with van der Waals surface area (Å²) >= 11 is 0. The maximum Gasteiger partial charge on any atom is 0.416 e. The van der Waals surface area contributed by atoms with E-state index in [1.807, 2.05) is 0 Å². The first-order chi connectivity index (χ1) is 14.0. The van der Waals surface area contributed by atoms with E-state index < -0.39 is 52.4 Å². The zero-order valence-corrected chi connectivity index (χ0v) is 16.4. The molecule has 0 aliphatic carbocycles. The van der Waals surface area contributed by atoms with Crippen LogP contribution in [0.1, 0.15) is 64.4 Å². The van der Waals surface area contributed by atoms with Gasteiger partial charge in [-0.25, -0.2) is 4.79 Å². The Morgan fingerprint density at radius 1 is 1.07 bits per heavy atom. The van der Waals surface area contributed by atoms with Gasteiger partial charge in [0.1, 0.15) is 11.3 Å². The number of alkyl halides is 3. The number of ketones is 1. The van der Waals surface area contributed by atoms with Crippen molar-refractivity contribution in [2.24, 2.45) is 0 Å². The van der Waals surface area contributed by atoms with E-state index in [2.05, 4.69) is 4.98 Å². The summed E-state index contributed by atoms with van der Waals surface area (Å²) in [5, 5.41) is 10.5. The van der Waals surface area contributed by atoms with Crippen molar-refractivity contribution in [3.63, 3.8) is 0 Å². The molecule has 1 aromatic heterocycles. The summed E-state index contributed by atoms with van der Waals surface area (Å²) < 4.78 is 48.0. The molecule has 0 radical (unpaired) electrons. The first-order valence-corrected chi connectivity index (χ1v) is 9.03. The molecule has 2 aromatic rings. The van der Waals surface area contributed by atoms with Crippen LogP contribution in [0.15, 0.2) is 24.3 Å². The summed E-state index contributed by atoms with van der Waals surface area (Å²) in [7, 11) is 0.